The van der Waals surface area contributed by atoms with Crippen molar-refractivity contribution in [1.29, 1.82) is 0 Å². The van der Waals surface area contributed by atoms with Crippen molar-refractivity contribution >= 4 is 5.69 Å². The zero-order valence-corrected chi connectivity index (χ0v) is 11.5. The summed E-state index contributed by atoms with van der Waals surface area (Å²) in [5.74, 6) is 0.732. The van der Waals surface area contributed by atoms with Crippen LogP contribution in [-0.2, 0) is 13.1 Å². The van der Waals surface area contributed by atoms with Crippen LogP contribution < -0.4 is 5.32 Å². The molecule has 1 heterocycles. The van der Waals surface area contributed by atoms with E-state index in [0.29, 0.717) is 18.7 Å². The van der Waals surface area contributed by atoms with E-state index in [1.807, 2.05) is 19.1 Å². The van der Waals surface area contributed by atoms with Crippen molar-refractivity contribution in [2.24, 2.45) is 0 Å². The molecular formula is C14H16N4O2. The highest BCUT2D eigenvalue weighted by Crippen LogP contribution is 2.19. The summed E-state index contributed by atoms with van der Waals surface area (Å²) in [4.78, 5) is 18.8. The highest BCUT2D eigenvalue weighted by molar-refractivity contribution is 5.42. The van der Waals surface area contributed by atoms with Gasteiger partial charge in [-0.1, -0.05) is 12.1 Å². The molecule has 0 spiro atoms. The highest BCUT2D eigenvalue weighted by Gasteiger charge is 2.10. The Bertz CT molecular complexity index is 628. The monoisotopic (exact) mass is 272 g/mol. The third-order valence-electron chi connectivity index (χ3n) is 2.94. The van der Waals surface area contributed by atoms with E-state index in [9.17, 15) is 10.1 Å². The van der Waals surface area contributed by atoms with Gasteiger partial charge >= 0.3 is 0 Å². The minimum Gasteiger partial charge on any atom is -0.307 e. The molecule has 1 N–H and O–H groups in total. The molecule has 0 saturated heterocycles. The Morgan fingerprint density at radius 2 is 2.05 bits per heavy atom. The largest absolute Gasteiger partial charge is 0.307 e. The number of nitro groups is 1. The summed E-state index contributed by atoms with van der Waals surface area (Å²) in [6.07, 6.45) is 1.72. The number of aryl methyl sites for hydroxylation is 2. The second-order valence-electron chi connectivity index (χ2n) is 4.58. The molecule has 20 heavy (non-hydrogen) atoms. The number of nitrogens with one attached hydrogen (secondary N) is 1. The fourth-order valence-corrected chi connectivity index (χ4v) is 1.90. The molecule has 0 radical (unpaired) electrons. The molecule has 2 aromatic rings. The van der Waals surface area contributed by atoms with Crippen LogP contribution in [0.15, 0.2) is 30.5 Å². The molecule has 6 nitrogen and oxygen atoms in total. The molecule has 6 heteroatoms. The average molecular weight is 272 g/mol. The van der Waals surface area contributed by atoms with Gasteiger partial charge in [-0.25, -0.2) is 9.97 Å². The molecule has 1 aromatic heterocycles. The van der Waals surface area contributed by atoms with Crippen LogP contribution in [0.4, 0.5) is 5.69 Å². The van der Waals surface area contributed by atoms with Crippen molar-refractivity contribution in [2.75, 3.05) is 0 Å². The summed E-state index contributed by atoms with van der Waals surface area (Å²) in [6, 6.07) is 7.11. The van der Waals surface area contributed by atoms with Crippen LogP contribution in [0, 0.1) is 24.0 Å². The number of aromatic nitrogens is 2. The molecular weight excluding hydrogens is 256 g/mol. The van der Waals surface area contributed by atoms with Crippen LogP contribution in [0.2, 0.25) is 0 Å². The summed E-state index contributed by atoms with van der Waals surface area (Å²) in [5.41, 5.74) is 2.61. The van der Waals surface area contributed by atoms with E-state index < -0.39 is 0 Å². The maximum absolute atomic E-state index is 10.9. The van der Waals surface area contributed by atoms with Crippen molar-refractivity contribution in [3.05, 3.63) is 63.2 Å². The third-order valence-corrected chi connectivity index (χ3v) is 2.94. The topological polar surface area (TPSA) is 81.0 Å². The normalized spacial score (nSPS) is 10.5. The minimum absolute atomic E-state index is 0.155. The second kappa shape index (κ2) is 6.21. The Morgan fingerprint density at radius 3 is 2.75 bits per heavy atom. The van der Waals surface area contributed by atoms with Crippen molar-refractivity contribution in [3.8, 4) is 0 Å². The molecule has 0 aliphatic carbocycles. The Hall–Kier alpha value is -2.34. The van der Waals surface area contributed by atoms with Gasteiger partial charge in [0.25, 0.3) is 5.69 Å². The highest BCUT2D eigenvalue weighted by atomic mass is 16.6. The van der Waals surface area contributed by atoms with Crippen molar-refractivity contribution in [1.82, 2.24) is 15.3 Å². The fraction of sp³-hybridized carbons (Fsp3) is 0.286. The van der Waals surface area contributed by atoms with Gasteiger partial charge in [0.05, 0.1) is 10.6 Å². The fourth-order valence-electron chi connectivity index (χ4n) is 1.90. The number of hydrogen-bond donors (Lipinski definition) is 1. The summed E-state index contributed by atoms with van der Waals surface area (Å²) in [6.45, 7) is 4.74. The van der Waals surface area contributed by atoms with E-state index >= 15 is 0 Å². The first-order chi connectivity index (χ1) is 9.56. The van der Waals surface area contributed by atoms with Crippen LogP contribution in [0.3, 0.4) is 0 Å². The van der Waals surface area contributed by atoms with E-state index in [1.165, 1.54) is 0 Å². The summed E-state index contributed by atoms with van der Waals surface area (Å²) in [5, 5.41) is 14.1. The lowest BCUT2D eigenvalue weighted by Gasteiger charge is -2.06. The zero-order chi connectivity index (χ0) is 14.5. The van der Waals surface area contributed by atoms with Crippen molar-refractivity contribution in [3.63, 3.8) is 0 Å². The van der Waals surface area contributed by atoms with Gasteiger partial charge in [0.1, 0.15) is 5.82 Å². The molecule has 104 valence electrons. The van der Waals surface area contributed by atoms with E-state index in [1.54, 1.807) is 25.3 Å². The predicted molar refractivity (Wildman–Crippen MR) is 75.1 cm³/mol. The molecule has 2 rings (SSSR count). The molecule has 0 fully saturated rings. The lowest BCUT2D eigenvalue weighted by Crippen LogP contribution is -2.14. The van der Waals surface area contributed by atoms with Crippen LogP contribution in [0.25, 0.3) is 0 Å². The van der Waals surface area contributed by atoms with E-state index in [0.717, 1.165) is 17.1 Å². The number of benzene rings is 1. The summed E-state index contributed by atoms with van der Waals surface area (Å²) < 4.78 is 0. The Morgan fingerprint density at radius 1 is 1.25 bits per heavy atom. The molecule has 1 aromatic carbocycles. The van der Waals surface area contributed by atoms with E-state index in [4.69, 9.17) is 0 Å². The molecule has 0 aliphatic heterocycles. The van der Waals surface area contributed by atoms with Crippen molar-refractivity contribution < 1.29 is 4.92 Å². The van der Waals surface area contributed by atoms with Gasteiger partial charge in [-0.3, -0.25) is 10.1 Å². The average Bonchev–Trinajstić information content (AvgIpc) is 2.40. The lowest BCUT2D eigenvalue weighted by molar-refractivity contribution is -0.385. The maximum atomic E-state index is 10.9. The SMILES string of the molecule is Cc1nccc(CNCc2ccc(C)c([N+](=O)[O-])c2)n1. The van der Waals surface area contributed by atoms with Gasteiger partial charge in [0, 0.05) is 30.9 Å². The number of hydrogen-bond acceptors (Lipinski definition) is 5. The Balaban J connectivity index is 1.97. The quantitative estimate of drug-likeness (QED) is 0.667. The summed E-state index contributed by atoms with van der Waals surface area (Å²) in [7, 11) is 0. The molecule has 0 unspecified atom stereocenters. The number of nitrogens with zero attached hydrogens (tertiary/aromatic N) is 3. The van der Waals surface area contributed by atoms with Crippen LogP contribution in [-0.4, -0.2) is 14.9 Å². The molecule has 0 amide bonds. The van der Waals surface area contributed by atoms with Gasteiger partial charge in [-0.2, -0.15) is 0 Å². The Labute approximate surface area is 117 Å². The molecule has 0 bridgehead atoms. The molecule has 0 aliphatic rings. The smallest absolute Gasteiger partial charge is 0.272 e. The van der Waals surface area contributed by atoms with Crippen LogP contribution in [0.5, 0.6) is 0 Å². The van der Waals surface area contributed by atoms with Gasteiger partial charge in [0.15, 0.2) is 0 Å². The van der Waals surface area contributed by atoms with Gasteiger partial charge < -0.3 is 5.32 Å². The Kier molecular flexibility index (Phi) is 4.37. The van der Waals surface area contributed by atoms with Gasteiger partial charge in [-0.15, -0.1) is 0 Å². The summed E-state index contributed by atoms with van der Waals surface area (Å²) >= 11 is 0. The van der Waals surface area contributed by atoms with Crippen LogP contribution in [0.1, 0.15) is 22.6 Å². The third kappa shape index (κ3) is 3.58. The van der Waals surface area contributed by atoms with E-state index in [2.05, 4.69) is 15.3 Å². The minimum atomic E-state index is -0.355. The zero-order valence-electron chi connectivity index (χ0n) is 11.5. The van der Waals surface area contributed by atoms with E-state index in [-0.39, 0.29) is 10.6 Å². The number of rotatable bonds is 5. The second-order valence-corrected chi connectivity index (χ2v) is 4.58. The maximum Gasteiger partial charge on any atom is 0.272 e. The number of nitro benzene ring substituents is 1. The van der Waals surface area contributed by atoms with Gasteiger partial charge in [-0.05, 0) is 25.5 Å². The lowest BCUT2D eigenvalue weighted by atomic mass is 10.1. The first-order valence-corrected chi connectivity index (χ1v) is 6.29. The van der Waals surface area contributed by atoms with Crippen molar-refractivity contribution in [2.45, 2.75) is 26.9 Å². The van der Waals surface area contributed by atoms with Gasteiger partial charge in [0.2, 0.25) is 0 Å². The molecule has 0 atom stereocenters. The molecule has 0 saturated carbocycles. The first-order valence-electron chi connectivity index (χ1n) is 6.29. The predicted octanol–water partition coefficient (Wildman–Crippen LogP) is 2.29. The van der Waals surface area contributed by atoms with Crippen LogP contribution >= 0.6 is 0 Å². The standard InChI is InChI=1S/C14H16N4O2/c1-10-3-4-12(7-14(10)18(19)20)8-15-9-13-5-6-16-11(2)17-13/h3-7,15H,8-9H2,1-2H3. The first kappa shape index (κ1) is 14.1.